The number of nitrogens with zero attached hydrogens (tertiary/aromatic N) is 2. The summed E-state index contributed by atoms with van der Waals surface area (Å²) in [5.74, 6) is 3.36. The Hall–Kier alpha value is -2.74. The van der Waals surface area contributed by atoms with E-state index in [9.17, 15) is 4.79 Å². The summed E-state index contributed by atoms with van der Waals surface area (Å²) in [5, 5.41) is 7.11. The van der Waals surface area contributed by atoms with Gasteiger partial charge in [0.2, 0.25) is 0 Å². The van der Waals surface area contributed by atoms with Gasteiger partial charge in [-0.2, -0.15) is 5.10 Å². The Morgan fingerprint density at radius 2 is 2.08 bits per heavy atom. The molecule has 26 heavy (non-hydrogen) atoms. The number of terminal acetylenes is 1. The predicted molar refractivity (Wildman–Crippen MR) is 103 cm³/mol. The normalized spacial score (nSPS) is 10.3. The fraction of sp³-hybridized carbons (Fsp3) is 0.429. The summed E-state index contributed by atoms with van der Waals surface area (Å²) in [6, 6.07) is 9.60. The number of hydrogen-bond donors (Lipinski definition) is 1. The third-order valence-electron chi connectivity index (χ3n) is 4.07. The van der Waals surface area contributed by atoms with E-state index in [1.807, 2.05) is 31.2 Å². The molecule has 5 nitrogen and oxygen atoms in total. The molecule has 0 spiro atoms. The van der Waals surface area contributed by atoms with Gasteiger partial charge in [-0.3, -0.25) is 9.48 Å². The van der Waals surface area contributed by atoms with Crippen LogP contribution in [0.3, 0.4) is 0 Å². The lowest BCUT2D eigenvalue weighted by atomic mass is 10.1. The van der Waals surface area contributed by atoms with E-state index in [1.165, 1.54) is 0 Å². The maximum Gasteiger partial charge on any atom is 0.269 e. The zero-order valence-electron chi connectivity index (χ0n) is 15.6. The van der Waals surface area contributed by atoms with Gasteiger partial charge in [0.15, 0.2) is 0 Å². The van der Waals surface area contributed by atoms with E-state index in [0.29, 0.717) is 18.8 Å². The molecule has 0 unspecified atom stereocenters. The predicted octanol–water partition coefficient (Wildman–Crippen LogP) is 3.62. The maximum atomic E-state index is 12.2. The van der Waals surface area contributed by atoms with Crippen LogP contribution in [0.2, 0.25) is 0 Å². The van der Waals surface area contributed by atoms with Crippen molar-refractivity contribution >= 4 is 5.91 Å². The van der Waals surface area contributed by atoms with Crippen LogP contribution in [-0.2, 0) is 13.6 Å². The van der Waals surface area contributed by atoms with Crippen LogP contribution in [0.15, 0.2) is 30.3 Å². The smallest absolute Gasteiger partial charge is 0.269 e. The molecule has 1 N–H and O–H groups in total. The summed E-state index contributed by atoms with van der Waals surface area (Å²) >= 11 is 0. The van der Waals surface area contributed by atoms with E-state index in [-0.39, 0.29) is 5.91 Å². The molecule has 2 aromatic rings. The van der Waals surface area contributed by atoms with Gasteiger partial charge in [0.1, 0.15) is 11.4 Å². The number of ether oxygens (including phenoxy) is 1. The second-order valence-corrected chi connectivity index (χ2v) is 6.34. The number of aromatic nitrogens is 2. The first kappa shape index (κ1) is 19.6. The Kier molecular flexibility index (Phi) is 7.75. The van der Waals surface area contributed by atoms with Gasteiger partial charge in [0, 0.05) is 20.0 Å². The maximum absolute atomic E-state index is 12.2. The molecule has 0 bridgehead atoms. The van der Waals surface area contributed by atoms with Gasteiger partial charge in [0.05, 0.1) is 12.3 Å². The quantitative estimate of drug-likeness (QED) is 0.524. The van der Waals surface area contributed by atoms with Crippen molar-refractivity contribution < 1.29 is 9.53 Å². The molecule has 1 heterocycles. The molecule has 0 radical (unpaired) electrons. The first-order valence-corrected chi connectivity index (χ1v) is 9.04. The summed E-state index contributed by atoms with van der Waals surface area (Å²) in [7, 11) is 1.77. The topological polar surface area (TPSA) is 56.1 Å². The molecule has 0 saturated heterocycles. The highest BCUT2D eigenvalue weighted by atomic mass is 16.5. The second kappa shape index (κ2) is 10.3. The molecule has 0 aliphatic heterocycles. The van der Waals surface area contributed by atoms with Crippen molar-refractivity contribution in [3.63, 3.8) is 0 Å². The monoisotopic (exact) mass is 353 g/mol. The molecule has 0 aliphatic rings. The highest BCUT2D eigenvalue weighted by Crippen LogP contribution is 2.14. The molecule has 2 rings (SSSR count). The van der Waals surface area contributed by atoms with E-state index in [0.717, 1.165) is 49.1 Å². The number of aryl methyl sites for hydroxylation is 2. The summed E-state index contributed by atoms with van der Waals surface area (Å²) < 4.78 is 7.39. The Balaban J connectivity index is 1.75. The molecular formula is C21H27N3O2. The van der Waals surface area contributed by atoms with Crippen molar-refractivity contribution in [3.05, 3.63) is 47.3 Å². The largest absolute Gasteiger partial charge is 0.494 e. The van der Waals surface area contributed by atoms with Gasteiger partial charge in [-0.1, -0.05) is 25.0 Å². The zero-order valence-corrected chi connectivity index (χ0v) is 15.6. The minimum absolute atomic E-state index is 0.133. The van der Waals surface area contributed by atoms with Crippen molar-refractivity contribution in [2.45, 2.75) is 45.6 Å². The Bertz CT molecular complexity index is 759. The minimum Gasteiger partial charge on any atom is -0.494 e. The van der Waals surface area contributed by atoms with Crippen LogP contribution >= 0.6 is 0 Å². The lowest BCUT2D eigenvalue weighted by molar-refractivity contribution is 0.0941. The second-order valence-electron chi connectivity index (χ2n) is 6.34. The molecular weight excluding hydrogens is 326 g/mol. The van der Waals surface area contributed by atoms with Gasteiger partial charge in [0.25, 0.3) is 5.91 Å². The van der Waals surface area contributed by atoms with Crippen LogP contribution in [0.1, 0.15) is 53.8 Å². The van der Waals surface area contributed by atoms with Crippen molar-refractivity contribution in [3.8, 4) is 18.1 Å². The van der Waals surface area contributed by atoms with E-state index < -0.39 is 0 Å². The van der Waals surface area contributed by atoms with Gasteiger partial charge in [-0.05, 0) is 43.5 Å². The fourth-order valence-corrected chi connectivity index (χ4v) is 2.71. The van der Waals surface area contributed by atoms with Crippen molar-refractivity contribution in [1.29, 1.82) is 0 Å². The van der Waals surface area contributed by atoms with Gasteiger partial charge in [-0.25, -0.2) is 0 Å². The molecule has 1 amide bonds. The Morgan fingerprint density at radius 3 is 2.81 bits per heavy atom. The van der Waals surface area contributed by atoms with Crippen LogP contribution in [0.4, 0.5) is 0 Å². The van der Waals surface area contributed by atoms with Crippen molar-refractivity contribution in [2.75, 3.05) is 6.61 Å². The number of carbonyl (C=O) groups is 1. The van der Waals surface area contributed by atoms with E-state index in [4.69, 9.17) is 11.2 Å². The van der Waals surface area contributed by atoms with E-state index in [1.54, 1.807) is 17.8 Å². The molecule has 0 saturated carbocycles. The highest BCUT2D eigenvalue weighted by Gasteiger charge is 2.11. The van der Waals surface area contributed by atoms with Gasteiger partial charge in [-0.15, -0.1) is 12.3 Å². The SMILES string of the molecule is C#CCCCCCCOc1cccc(CNC(=O)c2cc(C)nn2C)c1. The third kappa shape index (κ3) is 6.29. The molecule has 1 aromatic carbocycles. The zero-order chi connectivity index (χ0) is 18.8. The minimum atomic E-state index is -0.133. The van der Waals surface area contributed by atoms with Crippen LogP contribution in [0.25, 0.3) is 0 Å². The number of amides is 1. The number of hydrogen-bond acceptors (Lipinski definition) is 3. The molecule has 0 fully saturated rings. The average molecular weight is 353 g/mol. The first-order valence-electron chi connectivity index (χ1n) is 9.04. The average Bonchev–Trinajstić information content (AvgIpc) is 2.97. The van der Waals surface area contributed by atoms with Crippen molar-refractivity contribution in [2.24, 2.45) is 7.05 Å². The summed E-state index contributed by atoms with van der Waals surface area (Å²) in [6.45, 7) is 3.01. The number of rotatable bonds is 10. The third-order valence-corrected chi connectivity index (χ3v) is 4.07. The standard InChI is InChI=1S/C21H27N3O2/c1-4-5-6-7-8-9-13-26-19-12-10-11-18(15-19)16-22-21(25)20-14-17(2)23-24(20)3/h1,10-12,14-15H,5-9,13,16H2,2-3H3,(H,22,25). The summed E-state index contributed by atoms with van der Waals surface area (Å²) in [5.41, 5.74) is 2.39. The number of benzene rings is 1. The number of nitrogens with one attached hydrogen (secondary N) is 1. The Morgan fingerprint density at radius 1 is 1.27 bits per heavy atom. The van der Waals surface area contributed by atoms with Crippen molar-refractivity contribution in [1.82, 2.24) is 15.1 Å². The van der Waals surface area contributed by atoms with Crippen LogP contribution < -0.4 is 10.1 Å². The molecule has 138 valence electrons. The molecule has 1 aromatic heterocycles. The first-order chi connectivity index (χ1) is 12.6. The highest BCUT2D eigenvalue weighted by molar-refractivity contribution is 5.92. The van der Waals surface area contributed by atoms with E-state index in [2.05, 4.69) is 16.3 Å². The number of carbonyl (C=O) groups excluding carboxylic acids is 1. The lowest BCUT2D eigenvalue weighted by Gasteiger charge is -2.09. The van der Waals surface area contributed by atoms with Gasteiger partial charge < -0.3 is 10.1 Å². The fourth-order valence-electron chi connectivity index (χ4n) is 2.71. The number of unbranched alkanes of at least 4 members (excludes halogenated alkanes) is 4. The van der Waals surface area contributed by atoms with Crippen LogP contribution in [-0.4, -0.2) is 22.3 Å². The molecule has 0 atom stereocenters. The van der Waals surface area contributed by atoms with Crippen LogP contribution in [0, 0.1) is 19.3 Å². The van der Waals surface area contributed by atoms with Crippen LogP contribution in [0.5, 0.6) is 5.75 Å². The Labute approximate surface area is 155 Å². The molecule has 5 heteroatoms. The molecule has 0 aliphatic carbocycles. The van der Waals surface area contributed by atoms with Gasteiger partial charge >= 0.3 is 0 Å². The lowest BCUT2D eigenvalue weighted by Crippen LogP contribution is -2.25. The summed E-state index contributed by atoms with van der Waals surface area (Å²) in [4.78, 5) is 12.2. The van der Waals surface area contributed by atoms with E-state index >= 15 is 0 Å². The summed E-state index contributed by atoms with van der Waals surface area (Å²) in [6.07, 6.45) is 10.5.